The predicted molar refractivity (Wildman–Crippen MR) is 130 cm³/mol. The average Bonchev–Trinajstić information content (AvgIpc) is 3.17. The van der Waals surface area contributed by atoms with Crippen LogP contribution in [0.2, 0.25) is 0 Å². The SMILES string of the molecule is CC(C)c1sc(-c2ccccc2)c(-c2cccc(C(F)(F)F)c2)c1/C=C/[C@@H](O)C[C@@H](O)CC(=O)[O-].[Na+]. The molecule has 9 heteroatoms. The van der Waals surface area contributed by atoms with Crippen molar-refractivity contribution in [3.8, 4) is 21.6 Å². The van der Waals surface area contributed by atoms with E-state index >= 15 is 0 Å². The molecule has 36 heavy (non-hydrogen) atoms. The molecule has 2 aromatic carbocycles. The first-order chi connectivity index (χ1) is 16.5. The second kappa shape index (κ2) is 13.0. The Hall–Kier alpha value is -1.94. The largest absolute Gasteiger partial charge is 1.00 e. The Morgan fingerprint density at radius 2 is 1.69 bits per heavy atom. The van der Waals surface area contributed by atoms with Crippen LogP contribution >= 0.6 is 11.3 Å². The van der Waals surface area contributed by atoms with Crippen LogP contribution in [0.5, 0.6) is 0 Å². The molecular formula is C27H26F3NaO4S. The van der Waals surface area contributed by atoms with Gasteiger partial charge in [-0.1, -0.05) is 68.5 Å². The summed E-state index contributed by atoms with van der Waals surface area (Å²) in [7, 11) is 0. The van der Waals surface area contributed by atoms with Crippen molar-refractivity contribution in [3.63, 3.8) is 0 Å². The molecular weight excluding hydrogens is 500 g/mol. The molecule has 0 amide bonds. The topological polar surface area (TPSA) is 80.6 Å². The monoisotopic (exact) mass is 526 g/mol. The first-order valence-electron chi connectivity index (χ1n) is 11.1. The number of carbonyl (C=O) groups excluding carboxylic acids is 1. The minimum absolute atomic E-state index is 0. The van der Waals surface area contributed by atoms with Gasteiger partial charge in [-0.25, -0.2) is 0 Å². The first-order valence-corrected chi connectivity index (χ1v) is 11.9. The number of carbonyl (C=O) groups is 1. The van der Waals surface area contributed by atoms with E-state index < -0.39 is 36.3 Å². The standard InChI is InChI=1S/C27H27F3O4S.Na/c1-16(2)25-22(12-11-20(31)14-21(32)15-23(33)34)24(26(35-25)17-7-4-3-5-8-17)18-9-6-10-19(13-18)27(28,29)30;/h3-13,16,20-21,31-32H,14-15H2,1-2H3,(H,33,34);/q;+1/p-1/b12-11+;/t20-,21-;/m1./s1. The minimum atomic E-state index is -4.50. The maximum Gasteiger partial charge on any atom is 1.00 e. The average molecular weight is 527 g/mol. The molecule has 2 atom stereocenters. The number of hydrogen-bond acceptors (Lipinski definition) is 5. The molecule has 1 aromatic heterocycles. The molecule has 3 rings (SSSR count). The summed E-state index contributed by atoms with van der Waals surface area (Å²) < 4.78 is 40.5. The van der Waals surface area contributed by atoms with Crippen LogP contribution in [0.4, 0.5) is 13.2 Å². The van der Waals surface area contributed by atoms with E-state index in [0.29, 0.717) is 16.7 Å². The van der Waals surface area contributed by atoms with Gasteiger partial charge >= 0.3 is 35.7 Å². The molecule has 0 radical (unpaired) electrons. The number of rotatable bonds is 9. The summed E-state index contributed by atoms with van der Waals surface area (Å²) in [5.74, 6) is -1.38. The summed E-state index contributed by atoms with van der Waals surface area (Å²) in [6.45, 7) is 3.96. The summed E-state index contributed by atoms with van der Waals surface area (Å²) in [6.07, 6.45) is -4.68. The number of hydrogen-bond donors (Lipinski definition) is 2. The zero-order valence-corrected chi connectivity index (χ0v) is 23.1. The van der Waals surface area contributed by atoms with E-state index in [4.69, 9.17) is 0 Å². The summed E-state index contributed by atoms with van der Waals surface area (Å²) in [5, 5.41) is 30.8. The number of benzene rings is 2. The summed E-state index contributed by atoms with van der Waals surface area (Å²) in [6, 6.07) is 14.5. The number of carboxylic acids is 1. The van der Waals surface area contributed by atoms with Gasteiger partial charge in [-0.05, 0) is 34.7 Å². The van der Waals surface area contributed by atoms with Crippen LogP contribution in [0.15, 0.2) is 60.7 Å². The van der Waals surface area contributed by atoms with E-state index in [1.165, 1.54) is 23.5 Å². The summed E-state index contributed by atoms with van der Waals surface area (Å²) >= 11 is 1.48. The Kier molecular flexibility index (Phi) is 11.0. The smallest absolute Gasteiger partial charge is 0.550 e. The molecule has 0 unspecified atom stereocenters. The van der Waals surface area contributed by atoms with Gasteiger partial charge in [-0.2, -0.15) is 13.2 Å². The van der Waals surface area contributed by atoms with Gasteiger partial charge in [0.15, 0.2) is 0 Å². The van der Waals surface area contributed by atoms with Crippen LogP contribution in [0, 0.1) is 0 Å². The number of alkyl halides is 3. The summed E-state index contributed by atoms with van der Waals surface area (Å²) in [5.41, 5.74) is 1.79. The third-order valence-corrected chi connectivity index (χ3v) is 6.97. The normalized spacial score (nSPS) is 13.6. The second-order valence-corrected chi connectivity index (χ2v) is 9.63. The van der Waals surface area contributed by atoms with Gasteiger partial charge in [0.25, 0.3) is 0 Å². The maximum atomic E-state index is 13.5. The van der Waals surface area contributed by atoms with Gasteiger partial charge in [0.1, 0.15) is 0 Å². The van der Waals surface area contributed by atoms with Gasteiger partial charge in [0.2, 0.25) is 0 Å². The molecule has 4 nitrogen and oxygen atoms in total. The van der Waals surface area contributed by atoms with Crippen molar-refractivity contribution in [2.24, 2.45) is 0 Å². The third kappa shape index (κ3) is 7.78. The fourth-order valence-corrected chi connectivity index (χ4v) is 5.15. The maximum absolute atomic E-state index is 13.5. The zero-order chi connectivity index (χ0) is 25.8. The number of aliphatic carboxylic acids is 1. The van der Waals surface area contributed by atoms with Crippen molar-refractivity contribution in [1.29, 1.82) is 0 Å². The van der Waals surface area contributed by atoms with Crippen molar-refractivity contribution in [3.05, 3.63) is 76.7 Å². The van der Waals surface area contributed by atoms with Gasteiger partial charge in [-0.15, -0.1) is 11.3 Å². The minimum Gasteiger partial charge on any atom is -0.550 e. The third-order valence-electron chi connectivity index (χ3n) is 5.41. The molecule has 0 saturated heterocycles. The molecule has 1 heterocycles. The van der Waals surface area contributed by atoms with E-state index in [1.54, 1.807) is 12.1 Å². The Bertz CT molecular complexity index is 1190. The van der Waals surface area contributed by atoms with Crippen molar-refractivity contribution < 1.29 is 62.8 Å². The zero-order valence-electron chi connectivity index (χ0n) is 20.3. The molecule has 2 N–H and O–H groups in total. The van der Waals surface area contributed by atoms with Gasteiger partial charge in [0.05, 0.1) is 17.8 Å². The Balaban J connectivity index is 0.00000456. The molecule has 0 aliphatic rings. The quantitative estimate of drug-likeness (QED) is 0.420. The van der Waals surface area contributed by atoms with Crippen LogP contribution < -0.4 is 34.7 Å². The molecule has 0 aliphatic heterocycles. The number of halogens is 3. The van der Waals surface area contributed by atoms with E-state index in [1.807, 2.05) is 44.2 Å². The molecule has 0 spiro atoms. The Labute approximate surface area is 234 Å². The molecule has 0 bridgehead atoms. The van der Waals surface area contributed by atoms with Crippen LogP contribution in [0.1, 0.15) is 48.6 Å². The number of aliphatic hydroxyl groups excluding tert-OH is 2. The van der Waals surface area contributed by atoms with Crippen molar-refractivity contribution in [1.82, 2.24) is 0 Å². The number of thiophene rings is 1. The van der Waals surface area contributed by atoms with Crippen LogP contribution in [-0.2, 0) is 11.0 Å². The fourth-order valence-electron chi connectivity index (χ4n) is 3.83. The van der Waals surface area contributed by atoms with E-state index in [9.17, 15) is 33.3 Å². The van der Waals surface area contributed by atoms with Gasteiger partial charge < -0.3 is 20.1 Å². The van der Waals surface area contributed by atoms with E-state index in [0.717, 1.165) is 27.5 Å². The molecule has 0 saturated carbocycles. The Morgan fingerprint density at radius 1 is 1.06 bits per heavy atom. The van der Waals surface area contributed by atoms with Crippen LogP contribution in [-0.4, -0.2) is 28.4 Å². The number of aliphatic hydroxyl groups is 2. The molecule has 0 fully saturated rings. The molecule has 3 aromatic rings. The van der Waals surface area contributed by atoms with E-state index in [2.05, 4.69) is 0 Å². The van der Waals surface area contributed by atoms with Crippen molar-refractivity contribution >= 4 is 23.4 Å². The molecule has 0 aliphatic carbocycles. The van der Waals surface area contributed by atoms with Crippen LogP contribution in [0.3, 0.4) is 0 Å². The summed E-state index contributed by atoms with van der Waals surface area (Å²) in [4.78, 5) is 12.4. The predicted octanol–water partition coefficient (Wildman–Crippen LogP) is 2.49. The van der Waals surface area contributed by atoms with E-state index in [-0.39, 0.29) is 41.9 Å². The Morgan fingerprint density at radius 3 is 2.28 bits per heavy atom. The fraction of sp³-hybridized carbons (Fsp3) is 0.296. The second-order valence-electron chi connectivity index (χ2n) is 8.58. The van der Waals surface area contributed by atoms with Gasteiger partial charge in [0, 0.05) is 34.1 Å². The van der Waals surface area contributed by atoms with Crippen LogP contribution in [0.25, 0.3) is 27.6 Å². The number of carboxylic acid groups (broad SMARTS) is 1. The van der Waals surface area contributed by atoms with Crippen molar-refractivity contribution in [2.45, 2.75) is 51.0 Å². The van der Waals surface area contributed by atoms with Gasteiger partial charge in [-0.3, -0.25) is 0 Å². The molecule has 186 valence electrons. The van der Waals surface area contributed by atoms with Crippen molar-refractivity contribution in [2.75, 3.05) is 0 Å². The first kappa shape index (κ1) is 30.3.